The SMILES string of the molecule is COc1ccc([C@@H](C)NC2CC(N)c3ccccc32)cc1. The van der Waals surface area contributed by atoms with Crippen molar-refractivity contribution in [1.82, 2.24) is 5.32 Å². The lowest BCUT2D eigenvalue weighted by Crippen LogP contribution is -2.23. The van der Waals surface area contributed by atoms with Crippen LogP contribution in [0.1, 0.15) is 48.2 Å². The second-order valence-electron chi connectivity index (χ2n) is 5.69. The lowest BCUT2D eigenvalue weighted by molar-refractivity contribution is 0.413. The lowest BCUT2D eigenvalue weighted by Gasteiger charge is -2.21. The fourth-order valence-electron chi connectivity index (χ4n) is 3.12. The third kappa shape index (κ3) is 2.80. The standard InChI is InChI=1S/C18H22N2O/c1-12(13-7-9-14(21-2)10-8-13)20-18-11-17(19)15-5-3-4-6-16(15)18/h3-10,12,17-18,20H,11,19H2,1-2H3/t12-,17?,18?/m1/s1. The molecule has 0 aliphatic heterocycles. The Morgan fingerprint density at radius 2 is 1.76 bits per heavy atom. The van der Waals surface area contributed by atoms with Crippen molar-refractivity contribution in [1.29, 1.82) is 0 Å². The third-order valence-corrected chi connectivity index (χ3v) is 4.33. The van der Waals surface area contributed by atoms with Crippen LogP contribution in [0.2, 0.25) is 0 Å². The maximum atomic E-state index is 6.23. The molecule has 0 amide bonds. The molecule has 0 saturated carbocycles. The molecular formula is C18H22N2O. The molecule has 1 aliphatic rings. The van der Waals surface area contributed by atoms with Crippen LogP contribution in [0.3, 0.4) is 0 Å². The Balaban J connectivity index is 1.74. The van der Waals surface area contributed by atoms with Crippen molar-refractivity contribution in [2.75, 3.05) is 7.11 Å². The molecule has 3 rings (SSSR count). The molecule has 1 aliphatic carbocycles. The molecule has 2 aromatic carbocycles. The van der Waals surface area contributed by atoms with E-state index in [9.17, 15) is 0 Å². The molecule has 0 saturated heterocycles. The number of rotatable bonds is 4. The van der Waals surface area contributed by atoms with Crippen LogP contribution in [0.4, 0.5) is 0 Å². The number of fused-ring (bicyclic) bond motifs is 1. The van der Waals surface area contributed by atoms with Gasteiger partial charge in [-0.3, -0.25) is 0 Å². The predicted octanol–water partition coefficient (Wildman–Crippen LogP) is 3.49. The van der Waals surface area contributed by atoms with Crippen molar-refractivity contribution >= 4 is 0 Å². The zero-order valence-electron chi connectivity index (χ0n) is 12.5. The number of hydrogen-bond acceptors (Lipinski definition) is 3. The predicted molar refractivity (Wildman–Crippen MR) is 85.3 cm³/mol. The number of ether oxygens (including phenoxy) is 1. The summed E-state index contributed by atoms with van der Waals surface area (Å²) in [6, 6.07) is 17.4. The highest BCUT2D eigenvalue weighted by atomic mass is 16.5. The Bertz CT molecular complexity index is 609. The molecule has 21 heavy (non-hydrogen) atoms. The molecule has 110 valence electrons. The molecule has 3 atom stereocenters. The summed E-state index contributed by atoms with van der Waals surface area (Å²) in [5.74, 6) is 0.888. The molecule has 0 bridgehead atoms. The van der Waals surface area contributed by atoms with E-state index in [0.717, 1.165) is 12.2 Å². The molecule has 0 heterocycles. The summed E-state index contributed by atoms with van der Waals surface area (Å²) in [7, 11) is 1.69. The first kappa shape index (κ1) is 14.1. The van der Waals surface area contributed by atoms with Crippen molar-refractivity contribution in [3.05, 3.63) is 65.2 Å². The molecule has 2 unspecified atom stereocenters. The van der Waals surface area contributed by atoms with Gasteiger partial charge in [0.25, 0.3) is 0 Å². The summed E-state index contributed by atoms with van der Waals surface area (Å²) < 4.78 is 5.21. The monoisotopic (exact) mass is 282 g/mol. The van der Waals surface area contributed by atoms with Crippen molar-refractivity contribution < 1.29 is 4.74 Å². The second kappa shape index (κ2) is 5.88. The van der Waals surface area contributed by atoms with Gasteiger partial charge >= 0.3 is 0 Å². The van der Waals surface area contributed by atoms with Gasteiger partial charge in [-0.15, -0.1) is 0 Å². The van der Waals surface area contributed by atoms with Crippen LogP contribution < -0.4 is 15.8 Å². The highest BCUT2D eigenvalue weighted by Crippen LogP contribution is 2.38. The zero-order valence-corrected chi connectivity index (χ0v) is 12.5. The lowest BCUT2D eigenvalue weighted by atomic mass is 10.0. The maximum Gasteiger partial charge on any atom is 0.118 e. The van der Waals surface area contributed by atoms with Crippen molar-refractivity contribution in [3.63, 3.8) is 0 Å². The number of hydrogen-bond donors (Lipinski definition) is 2. The molecule has 0 radical (unpaired) electrons. The van der Waals surface area contributed by atoms with Gasteiger partial charge in [-0.05, 0) is 42.2 Å². The number of benzene rings is 2. The Morgan fingerprint density at radius 3 is 2.43 bits per heavy atom. The van der Waals surface area contributed by atoms with Gasteiger partial charge < -0.3 is 15.8 Å². The van der Waals surface area contributed by atoms with Crippen LogP contribution in [-0.4, -0.2) is 7.11 Å². The van der Waals surface area contributed by atoms with Gasteiger partial charge in [-0.2, -0.15) is 0 Å². The molecule has 0 spiro atoms. The van der Waals surface area contributed by atoms with Gasteiger partial charge in [0, 0.05) is 18.1 Å². The van der Waals surface area contributed by atoms with Gasteiger partial charge in [0.05, 0.1) is 7.11 Å². The zero-order chi connectivity index (χ0) is 14.8. The highest BCUT2D eigenvalue weighted by molar-refractivity contribution is 5.38. The summed E-state index contributed by atoms with van der Waals surface area (Å²) in [5.41, 5.74) is 10.1. The quantitative estimate of drug-likeness (QED) is 0.902. The Labute approximate surface area is 126 Å². The minimum Gasteiger partial charge on any atom is -0.497 e. The number of nitrogens with one attached hydrogen (secondary N) is 1. The van der Waals surface area contributed by atoms with E-state index in [0.29, 0.717) is 6.04 Å². The van der Waals surface area contributed by atoms with Crippen molar-refractivity contribution in [3.8, 4) is 5.75 Å². The summed E-state index contributed by atoms with van der Waals surface area (Å²) in [5, 5.41) is 3.70. The average Bonchev–Trinajstić information content (AvgIpc) is 2.84. The molecule has 0 fully saturated rings. The number of nitrogens with two attached hydrogens (primary N) is 1. The topological polar surface area (TPSA) is 47.3 Å². The highest BCUT2D eigenvalue weighted by Gasteiger charge is 2.28. The number of methoxy groups -OCH3 is 1. The van der Waals surface area contributed by atoms with E-state index in [1.54, 1.807) is 7.11 Å². The van der Waals surface area contributed by atoms with Gasteiger partial charge in [-0.25, -0.2) is 0 Å². The molecule has 3 heteroatoms. The van der Waals surface area contributed by atoms with Crippen molar-refractivity contribution in [2.24, 2.45) is 5.73 Å². The van der Waals surface area contributed by atoms with E-state index in [1.807, 2.05) is 12.1 Å². The first-order valence-corrected chi connectivity index (χ1v) is 7.43. The van der Waals surface area contributed by atoms with Gasteiger partial charge in [0.2, 0.25) is 0 Å². The second-order valence-corrected chi connectivity index (χ2v) is 5.69. The average molecular weight is 282 g/mol. The van der Waals surface area contributed by atoms with Gasteiger partial charge in [0.15, 0.2) is 0 Å². The first-order chi connectivity index (χ1) is 10.2. The minimum absolute atomic E-state index is 0.141. The van der Waals surface area contributed by atoms with Gasteiger partial charge in [0.1, 0.15) is 5.75 Å². The summed E-state index contributed by atoms with van der Waals surface area (Å²) in [6.07, 6.45) is 0.958. The van der Waals surface area contributed by atoms with Crippen LogP contribution in [-0.2, 0) is 0 Å². The maximum absolute atomic E-state index is 6.23. The molecular weight excluding hydrogens is 260 g/mol. The van der Waals surface area contributed by atoms with Crippen LogP contribution in [0.25, 0.3) is 0 Å². The molecule has 2 aromatic rings. The smallest absolute Gasteiger partial charge is 0.118 e. The summed E-state index contributed by atoms with van der Waals surface area (Å²) >= 11 is 0. The largest absolute Gasteiger partial charge is 0.497 e. The van der Waals surface area contributed by atoms with E-state index >= 15 is 0 Å². The van der Waals surface area contributed by atoms with Crippen LogP contribution >= 0.6 is 0 Å². The van der Waals surface area contributed by atoms with E-state index in [-0.39, 0.29) is 12.1 Å². The molecule has 0 aromatic heterocycles. The Hall–Kier alpha value is -1.84. The normalized spacial score (nSPS) is 21.9. The fraction of sp³-hybridized carbons (Fsp3) is 0.333. The van der Waals surface area contributed by atoms with E-state index in [1.165, 1.54) is 16.7 Å². The van der Waals surface area contributed by atoms with Crippen molar-refractivity contribution in [2.45, 2.75) is 31.5 Å². The molecule has 3 nitrogen and oxygen atoms in total. The summed E-state index contributed by atoms with van der Waals surface area (Å²) in [6.45, 7) is 2.19. The van der Waals surface area contributed by atoms with E-state index in [4.69, 9.17) is 10.5 Å². The fourth-order valence-corrected chi connectivity index (χ4v) is 3.12. The Kier molecular flexibility index (Phi) is 3.95. The third-order valence-electron chi connectivity index (χ3n) is 4.33. The van der Waals surface area contributed by atoms with Crippen LogP contribution in [0.15, 0.2) is 48.5 Å². The Morgan fingerprint density at radius 1 is 1.10 bits per heavy atom. The van der Waals surface area contributed by atoms with E-state index in [2.05, 4.69) is 48.6 Å². The van der Waals surface area contributed by atoms with Gasteiger partial charge in [-0.1, -0.05) is 36.4 Å². The summed E-state index contributed by atoms with van der Waals surface area (Å²) in [4.78, 5) is 0. The van der Waals surface area contributed by atoms with Crippen LogP contribution in [0, 0.1) is 0 Å². The van der Waals surface area contributed by atoms with E-state index < -0.39 is 0 Å². The molecule has 3 N–H and O–H groups in total. The minimum atomic E-state index is 0.141. The first-order valence-electron chi connectivity index (χ1n) is 7.43. The van der Waals surface area contributed by atoms with Crippen LogP contribution in [0.5, 0.6) is 5.75 Å².